The first kappa shape index (κ1) is 13.6. The molecule has 20 heavy (non-hydrogen) atoms. The molecule has 0 aliphatic carbocycles. The van der Waals surface area contributed by atoms with E-state index in [1.165, 1.54) is 0 Å². The van der Waals surface area contributed by atoms with Crippen LogP contribution < -0.4 is 5.32 Å². The van der Waals surface area contributed by atoms with Gasteiger partial charge >= 0.3 is 0 Å². The van der Waals surface area contributed by atoms with Crippen molar-refractivity contribution in [2.45, 2.75) is 43.9 Å². The molecule has 0 radical (unpaired) electrons. The molecule has 108 valence electrons. The molecule has 1 aromatic rings. The lowest BCUT2D eigenvalue weighted by atomic mass is 9.99. The van der Waals surface area contributed by atoms with Crippen LogP contribution in [0.3, 0.4) is 0 Å². The molecule has 1 aromatic heterocycles. The Kier molecular flexibility index (Phi) is 3.56. The van der Waals surface area contributed by atoms with Gasteiger partial charge in [-0.25, -0.2) is 4.98 Å². The molecule has 2 N–H and O–H groups in total. The lowest BCUT2D eigenvalue weighted by molar-refractivity contribution is 0.0287. The molecule has 2 aliphatic heterocycles. The van der Waals surface area contributed by atoms with E-state index >= 15 is 0 Å². The first-order valence-electron chi connectivity index (χ1n) is 6.94. The number of nitrogens with zero attached hydrogens (tertiary/aromatic N) is 2. The Labute approximate surface area is 122 Å². The van der Waals surface area contributed by atoms with Gasteiger partial charge in [-0.1, -0.05) is 11.6 Å². The van der Waals surface area contributed by atoms with E-state index in [1.54, 1.807) is 19.2 Å². The number of rotatable bonds is 2. The van der Waals surface area contributed by atoms with Crippen LogP contribution >= 0.6 is 11.6 Å². The molecule has 1 amide bonds. The zero-order valence-corrected chi connectivity index (χ0v) is 12.1. The summed E-state index contributed by atoms with van der Waals surface area (Å²) < 4.78 is 0. The van der Waals surface area contributed by atoms with E-state index in [9.17, 15) is 9.90 Å². The molecular weight excluding hydrogens is 278 g/mol. The topological polar surface area (TPSA) is 65.5 Å². The summed E-state index contributed by atoms with van der Waals surface area (Å²) in [5.41, 5.74) is 0.558. The molecule has 0 spiro atoms. The average molecular weight is 296 g/mol. The Morgan fingerprint density at radius 3 is 2.65 bits per heavy atom. The molecule has 2 saturated heterocycles. The molecule has 2 aliphatic rings. The Bertz CT molecular complexity index is 523. The predicted octanol–water partition coefficient (Wildman–Crippen LogP) is 1.90. The van der Waals surface area contributed by atoms with Gasteiger partial charge < -0.3 is 15.3 Å². The van der Waals surface area contributed by atoms with Gasteiger partial charge in [0.2, 0.25) is 0 Å². The Morgan fingerprint density at radius 2 is 2.05 bits per heavy atom. The molecule has 2 fully saturated rings. The van der Waals surface area contributed by atoms with Crippen LogP contribution in [0.2, 0.25) is 5.15 Å². The van der Waals surface area contributed by atoms with Crippen molar-refractivity contribution in [3.05, 3.63) is 22.8 Å². The van der Waals surface area contributed by atoms with Crippen LogP contribution in [0.4, 0.5) is 5.82 Å². The van der Waals surface area contributed by atoms with Gasteiger partial charge in [-0.05, 0) is 37.8 Å². The van der Waals surface area contributed by atoms with Crippen molar-refractivity contribution in [3.8, 4) is 0 Å². The number of anilines is 1. The number of nitrogens with one attached hydrogen (secondary N) is 1. The van der Waals surface area contributed by atoms with Crippen LogP contribution in [0.1, 0.15) is 36.0 Å². The van der Waals surface area contributed by atoms with Crippen molar-refractivity contribution in [1.82, 2.24) is 9.88 Å². The maximum atomic E-state index is 12.7. The van der Waals surface area contributed by atoms with E-state index in [-0.39, 0.29) is 24.1 Å². The monoisotopic (exact) mass is 295 g/mol. The average Bonchev–Trinajstić information content (AvgIpc) is 2.69. The summed E-state index contributed by atoms with van der Waals surface area (Å²) in [4.78, 5) is 18.7. The number of aliphatic hydroxyl groups excluding tert-OH is 1. The van der Waals surface area contributed by atoms with Crippen molar-refractivity contribution in [3.63, 3.8) is 0 Å². The Hall–Kier alpha value is -1.33. The van der Waals surface area contributed by atoms with Gasteiger partial charge in [-0.15, -0.1) is 0 Å². The quantitative estimate of drug-likeness (QED) is 0.818. The predicted molar refractivity (Wildman–Crippen MR) is 77.0 cm³/mol. The van der Waals surface area contributed by atoms with Crippen molar-refractivity contribution in [2.75, 3.05) is 12.4 Å². The highest BCUT2D eigenvalue weighted by Crippen LogP contribution is 2.37. The third-order valence-electron chi connectivity index (χ3n) is 4.24. The zero-order chi connectivity index (χ0) is 14.3. The molecule has 2 atom stereocenters. The minimum absolute atomic E-state index is 0.00907. The van der Waals surface area contributed by atoms with E-state index in [0.29, 0.717) is 29.4 Å². The van der Waals surface area contributed by atoms with Crippen molar-refractivity contribution in [1.29, 1.82) is 0 Å². The second-order valence-corrected chi connectivity index (χ2v) is 5.92. The summed E-state index contributed by atoms with van der Waals surface area (Å²) in [5, 5.41) is 13.0. The second-order valence-electron chi connectivity index (χ2n) is 5.54. The lowest BCUT2D eigenvalue weighted by Crippen LogP contribution is -2.48. The smallest absolute Gasteiger partial charge is 0.254 e. The third kappa shape index (κ3) is 2.36. The molecule has 0 saturated carbocycles. The van der Waals surface area contributed by atoms with Crippen LogP contribution in [0.5, 0.6) is 0 Å². The molecule has 3 heterocycles. The second kappa shape index (κ2) is 5.22. The summed E-state index contributed by atoms with van der Waals surface area (Å²) in [6.45, 7) is 0. The highest BCUT2D eigenvalue weighted by Gasteiger charge is 2.43. The van der Waals surface area contributed by atoms with E-state index in [4.69, 9.17) is 11.6 Å². The number of aliphatic hydroxyl groups is 1. The normalized spacial score (nSPS) is 28.6. The maximum absolute atomic E-state index is 12.7. The summed E-state index contributed by atoms with van der Waals surface area (Å²) in [5.74, 6) is 0.579. The highest BCUT2D eigenvalue weighted by molar-refractivity contribution is 6.29. The molecule has 6 heteroatoms. The van der Waals surface area contributed by atoms with Crippen molar-refractivity contribution < 1.29 is 9.90 Å². The van der Waals surface area contributed by atoms with Gasteiger partial charge in [0.25, 0.3) is 5.91 Å². The molecule has 2 unspecified atom stereocenters. The fourth-order valence-corrected chi connectivity index (χ4v) is 3.59. The van der Waals surface area contributed by atoms with E-state index < -0.39 is 0 Å². The number of carbonyl (C=O) groups excluding carboxylic acids is 1. The number of hydrogen-bond acceptors (Lipinski definition) is 4. The van der Waals surface area contributed by atoms with Crippen LogP contribution in [0.15, 0.2) is 12.1 Å². The van der Waals surface area contributed by atoms with E-state index in [2.05, 4.69) is 10.3 Å². The van der Waals surface area contributed by atoms with Crippen LogP contribution in [-0.2, 0) is 0 Å². The minimum atomic E-state index is -0.273. The fourth-order valence-electron chi connectivity index (χ4n) is 3.38. The van der Waals surface area contributed by atoms with Crippen LogP contribution in [-0.4, -0.2) is 46.1 Å². The largest absolute Gasteiger partial charge is 0.393 e. The van der Waals surface area contributed by atoms with Gasteiger partial charge in [-0.3, -0.25) is 4.79 Å². The SMILES string of the molecule is CNc1cc(C(=O)N2C3CCC2CC(O)C3)cc(Cl)n1. The van der Waals surface area contributed by atoms with Gasteiger partial charge in [0.1, 0.15) is 11.0 Å². The van der Waals surface area contributed by atoms with Gasteiger partial charge in [-0.2, -0.15) is 0 Å². The van der Waals surface area contributed by atoms with Crippen LogP contribution in [0.25, 0.3) is 0 Å². The van der Waals surface area contributed by atoms with E-state index in [0.717, 1.165) is 12.8 Å². The van der Waals surface area contributed by atoms with E-state index in [1.807, 2.05) is 4.90 Å². The summed E-state index contributed by atoms with van der Waals surface area (Å²) in [6.07, 6.45) is 3.04. The number of aromatic nitrogens is 1. The van der Waals surface area contributed by atoms with Gasteiger partial charge in [0.15, 0.2) is 0 Å². The van der Waals surface area contributed by atoms with Gasteiger partial charge in [0, 0.05) is 24.7 Å². The van der Waals surface area contributed by atoms with Crippen LogP contribution in [0, 0.1) is 0 Å². The first-order chi connectivity index (χ1) is 9.58. The standard InChI is InChI=1S/C14H18ClN3O2/c1-16-13-5-8(4-12(15)17-13)14(20)18-9-2-3-10(18)7-11(19)6-9/h4-5,9-11,19H,2-3,6-7H2,1H3,(H,16,17). The molecular formula is C14H18ClN3O2. The highest BCUT2D eigenvalue weighted by atomic mass is 35.5. The molecule has 5 nitrogen and oxygen atoms in total. The fraction of sp³-hybridized carbons (Fsp3) is 0.571. The number of piperidine rings is 1. The number of carbonyl (C=O) groups is 1. The van der Waals surface area contributed by atoms with Crippen molar-refractivity contribution >= 4 is 23.3 Å². The third-order valence-corrected chi connectivity index (χ3v) is 4.43. The number of pyridine rings is 1. The summed E-state index contributed by atoms with van der Waals surface area (Å²) >= 11 is 5.96. The number of halogens is 1. The Balaban J connectivity index is 1.88. The zero-order valence-electron chi connectivity index (χ0n) is 11.3. The number of fused-ring (bicyclic) bond motifs is 2. The number of hydrogen-bond donors (Lipinski definition) is 2. The van der Waals surface area contributed by atoms with Gasteiger partial charge in [0.05, 0.1) is 6.10 Å². The number of amides is 1. The van der Waals surface area contributed by atoms with Crippen molar-refractivity contribution in [2.24, 2.45) is 0 Å². The molecule has 3 rings (SSSR count). The summed E-state index contributed by atoms with van der Waals surface area (Å²) in [7, 11) is 1.74. The Morgan fingerprint density at radius 1 is 1.40 bits per heavy atom. The molecule has 0 aromatic carbocycles. The minimum Gasteiger partial charge on any atom is -0.393 e. The summed E-state index contributed by atoms with van der Waals surface area (Å²) in [6, 6.07) is 3.64. The lowest BCUT2D eigenvalue weighted by Gasteiger charge is -2.37. The molecule has 2 bridgehead atoms. The first-order valence-corrected chi connectivity index (χ1v) is 7.32. The maximum Gasteiger partial charge on any atom is 0.254 e.